The van der Waals surface area contributed by atoms with Gasteiger partial charge in [-0.25, -0.2) is 0 Å². The topological polar surface area (TPSA) is 17.1 Å². The minimum atomic E-state index is -1.25. The van der Waals surface area contributed by atoms with Gasteiger partial charge in [-0.1, -0.05) is 45.8 Å². The molecule has 0 saturated carbocycles. The molecule has 1 atom stereocenters. The first kappa shape index (κ1) is 12.9. The molecule has 13 heavy (non-hydrogen) atoms. The fraction of sp³-hybridized carbons (Fsp3) is 0.909. The highest BCUT2D eigenvalue weighted by atomic mass is 28.3. The molecule has 0 fully saturated rings. The number of carbonyl (C=O) groups excluding carboxylic acids is 1. The number of unbranched alkanes of at least 4 members (excludes halogenated alkanes) is 2. The molecule has 0 amide bonds. The maximum Gasteiger partial charge on any atom is 0.130 e. The van der Waals surface area contributed by atoms with E-state index in [1.807, 2.05) is 0 Å². The standard InChI is InChI=1S/C11H24OSi/c1-6-7-8-9-11(10(2)12)13(3,4)5/h11H,6-9H2,1-5H3. The van der Waals surface area contributed by atoms with Gasteiger partial charge in [-0.05, 0) is 13.3 Å². The fourth-order valence-electron chi connectivity index (χ4n) is 1.84. The van der Waals surface area contributed by atoms with E-state index < -0.39 is 8.07 Å². The van der Waals surface area contributed by atoms with Crippen molar-refractivity contribution in [3.63, 3.8) is 0 Å². The predicted octanol–water partition coefficient (Wildman–Crippen LogP) is 3.86. The van der Waals surface area contributed by atoms with Crippen LogP contribution in [0.15, 0.2) is 0 Å². The first-order valence-corrected chi connectivity index (χ1v) is 8.97. The summed E-state index contributed by atoms with van der Waals surface area (Å²) in [7, 11) is -1.25. The molecule has 0 heterocycles. The predicted molar refractivity (Wildman–Crippen MR) is 61.9 cm³/mol. The van der Waals surface area contributed by atoms with Crippen molar-refractivity contribution in [3.8, 4) is 0 Å². The van der Waals surface area contributed by atoms with Crippen molar-refractivity contribution in [1.82, 2.24) is 0 Å². The van der Waals surface area contributed by atoms with Gasteiger partial charge in [-0.15, -0.1) is 0 Å². The molecule has 0 aliphatic carbocycles. The number of carbonyl (C=O) groups is 1. The maximum atomic E-state index is 11.4. The second-order valence-electron chi connectivity index (χ2n) is 5.03. The third-order valence-corrected chi connectivity index (χ3v) is 5.42. The lowest BCUT2D eigenvalue weighted by Crippen LogP contribution is -2.32. The molecular formula is C11H24OSi. The second kappa shape index (κ2) is 5.58. The molecule has 0 bridgehead atoms. The van der Waals surface area contributed by atoms with Gasteiger partial charge in [0.15, 0.2) is 0 Å². The highest BCUT2D eigenvalue weighted by Crippen LogP contribution is 2.28. The normalized spacial score (nSPS) is 14.2. The van der Waals surface area contributed by atoms with E-state index in [0.717, 1.165) is 6.42 Å². The highest BCUT2D eigenvalue weighted by molar-refractivity contribution is 6.80. The van der Waals surface area contributed by atoms with Crippen molar-refractivity contribution in [2.24, 2.45) is 0 Å². The molecular weight excluding hydrogens is 176 g/mol. The molecule has 0 saturated heterocycles. The Morgan fingerprint density at radius 1 is 1.23 bits per heavy atom. The Morgan fingerprint density at radius 3 is 2.08 bits per heavy atom. The molecule has 0 spiro atoms. The van der Waals surface area contributed by atoms with Crippen LogP contribution in [0.5, 0.6) is 0 Å². The summed E-state index contributed by atoms with van der Waals surface area (Å²) in [5, 5.41) is 0. The number of rotatable bonds is 6. The van der Waals surface area contributed by atoms with Gasteiger partial charge in [0.2, 0.25) is 0 Å². The molecule has 1 nitrogen and oxygen atoms in total. The molecule has 0 aromatic rings. The van der Waals surface area contributed by atoms with E-state index in [9.17, 15) is 4.79 Å². The molecule has 0 N–H and O–H groups in total. The van der Waals surface area contributed by atoms with Crippen LogP contribution in [0.2, 0.25) is 25.2 Å². The quantitative estimate of drug-likeness (QED) is 0.470. The summed E-state index contributed by atoms with van der Waals surface area (Å²) in [6.45, 7) is 10.9. The number of Topliss-reactive ketones (excluding diaryl/α,β-unsaturated/α-hetero) is 1. The smallest absolute Gasteiger partial charge is 0.130 e. The van der Waals surface area contributed by atoms with Crippen molar-refractivity contribution in [2.45, 2.75) is 64.7 Å². The minimum Gasteiger partial charge on any atom is -0.300 e. The molecule has 0 aliphatic heterocycles. The Morgan fingerprint density at radius 2 is 1.77 bits per heavy atom. The third-order valence-electron chi connectivity index (χ3n) is 2.63. The zero-order valence-electron chi connectivity index (χ0n) is 9.81. The Labute approximate surface area is 83.9 Å². The van der Waals surface area contributed by atoms with Crippen LogP contribution in [-0.2, 0) is 4.79 Å². The van der Waals surface area contributed by atoms with Gasteiger partial charge in [-0.3, -0.25) is 0 Å². The molecule has 2 heteroatoms. The Kier molecular flexibility index (Phi) is 5.53. The summed E-state index contributed by atoms with van der Waals surface area (Å²) in [6, 6.07) is 0. The molecule has 1 unspecified atom stereocenters. The lowest BCUT2D eigenvalue weighted by molar-refractivity contribution is -0.117. The van der Waals surface area contributed by atoms with Gasteiger partial charge in [0.1, 0.15) is 5.78 Å². The van der Waals surface area contributed by atoms with Crippen LogP contribution in [0.4, 0.5) is 0 Å². The first-order chi connectivity index (χ1) is 5.89. The lowest BCUT2D eigenvalue weighted by Gasteiger charge is -2.26. The van der Waals surface area contributed by atoms with Gasteiger partial charge in [0.05, 0.1) is 8.07 Å². The van der Waals surface area contributed by atoms with Gasteiger partial charge in [0.25, 0.3) is 0 Å². The zero-order valence-corrected chi connectivity index (χ0v) is 10.8. The summed E-state index contributed by atoms with van der Waals surface area (Å²) in [5.74, 6) is 0.412. The van der Waals surface area contributed by atoms with Crippen LogP contribution in [0.25, 0.3) is 0 Å². The summed E-state index contributed by atoms with van der Waals surface area (Å²) in [4.78, 5) is 11.4. The molecule has 0 radical (unpaired) electrons. The average molecular weight is 200 g/mol. The van der Waals surface area contributed by atoms with Crippen molar-refractivity contribution < 1.29 is 4.79 Å². The minimum absolute atomic E-state index is 0.388. The molecule has 0 rings (SSSR count). The second-order valence-corrected chi connectivity index (χ2v) is 10.5. The van der Waals surface area contributed by atoms with Crippen LogP contribution < -0.4 is 0 Å². The van der Waals surface area contributed by atoms with E-state index in [-0.39, 0.29) is 0 Å². The summed E-state index contributed by atoms with van der Waals surface area (Å²) in [6.07, 6.45) is 4.87. The van der Waals surface area contributed by atoms with E-state index >= 15 is 0 Å². The van der Waals surface area contributed by atoms with Crippen molar-refractivity contribution in [3.05, 3.63) is 0 Å². The number of ketones is 1. The van der Waals surface area contributed by atoms with E-state index in [2.05, 4.69) is 26.6 Å². The number of hydrogen-bond donors (Lipinski definition) is 0. The van der Waals surface area contributed by atoms with E-state index in [0.29, 0.717) is 11.3 Å². The van der Waals surface area contributed by atoms with Crippen molar-refractivity contribution in [2.75, 3.05) is 0 Å². The monoisotopic (exact) mass is 200 g/mol. The maximum absolute atomic E-state index is 11.4. The highest BCUT2D eigenvalue weighted by Gasteiger charge is 2.29. The summed E-state index contributed by atoms with van der Waals surface area (Å²) >= 11 is 0. The van der Waals surface area contributed by atoms with E-state index in [1.54, 1.807) is 6.92 Å². The van der Waals surface area contributed by atoms with E-state index in [1.165, 1.54) is 19.3 Å². The van der Waals surface area contributed by atoms with Crippen molar-refractivity contribution >= 4 is 13.9 Å². The molecule has 0 aromatic heterocycles. The summed E-state index contributed by atoms with van der Waals surface area (Å²) < 4.78 is 0. The van der Waals surface area contributed by atoms with Gasteiger partial charge in [0, 0.05) is 5.54 Å². The average Bonchev–Trinajstić information content (AvgIpc) is 1.94. The fourth-order valence-corrected chi connectivity index (χ4v) is 4.13. The molecule has 78 valence electrons. The SMILES string of the molecule is CCCCCC(C(C)=O)[Si](C)(C)C. The van der Waals surface area contributed by atoms with Crippen LogP contribution >= 0.6 is 0 Å². The van der Waals surface area contributed by atoms with Crippen LogP contribution in [-0.4, -0.2) is 13.9 Å². The van der Waals surface area contributed by atoms with Gasteiger partial charge >= 0.3 is 0 Å². The third kappa shape index (κ3) is 5.24. The lowest BCUT2D eigenvalue weighted by atomic mass is 10.1. The Balaban J connectivity index is 4.04. The van der Waals surface area contributed by atoms with Crippen molar-refractivity contribution in [1.29, 1.82) is 0 Å². The Bertz CT molecular complexity index is 158. The first-order valence-electron chi connectivity index (χ1n) is 5.40. The van der Waals surface area contributed by atoms with Gasteiger partial charge in [-0.2, -0.15) is 0 Å². The largest absolute Gasteiger partial charge is 0.300 e. The van der Waals surface area contributed by atoms with E-state index in [4.69, 9.17) is 0 Å². The number of hydrogen-bond acceptors (Lipinski definition) is 1. The van der Waals surface area contributed by atoms with Crippen LogP contribution in [0.1, 0.15) is 39.5 Å². The Hall–Kier alpha value is -0.113. The molecule has 0 aliphatic rings. The van der Waals surface area contributed by atoms with Gasteiger partial charge < -0.3 is 4.79 Å². The summed E-state index contributed by atoms with van der Waals surface area (Å²) in [5.41, 5.74) is 0.388. The molecule has 0 aromatic carbocycles. The van der Waals surface area contributed by atoms with Crippen LogP contribution in [0, 0.1) is 0 Å². The van der Waals surface area contributed by atoms with Crippen LogP contribution in [0.3, 0.4) is 0 Å². The zero-order chi connectivity index (χ0) is 10.5.